The van der Waals surface area contributed by atoms with E-state index in [1.807, 2.05) is 62.1 Å². The Kier molecular flexibility index (Phi) is 5.36. The zero-order chi connectivity index (χ0) is 15.2. The molecule has 1 heterocycles. The third kappa shape index (κ3) is 4.88. The lowest BCUT2D eigenvalue weighted by Crippen LogP contribution is -2.26. The van der Waals surface area contributed by atoms with Crippen molar-refractivity contribution >= 4 is 0 Å². The average molecular weight is 289 g/mol. The van der Waals surface area contributed by atoms with E-state index < -0.39 is 6.10 Å². The van der Waals surface area contributed by atoms with Gasteiger partial charge in [0.25, 0.3) is 0 Å². The number of ether oxygens (including phenoxy) is 1. The molecule has 0 saturated carbocycles. The van der Waals surface area contributed by atoms with Crippen LogP contribution in [0.3, 0.4) is 0 Å². The van der Waals surface area contributed by atoms with Crippen LogP contribution in [0.2, 0.25) is 0 Å². The van der Waals surface area contributed by atoms with Crippen LogP contribution in [0.15, 0.2) is 36.4 Å². The number of aryl methyl sites for hydroxylation is 1. The molecule has 0 bridgehead atoms. The van der Waals surface area contributed by atoms with Gasteiger partial charge in [-0.2, -0.15) is 5.10 Å². The number of para-hydroxylation sites is 1. The highest BCUT2D eigenvalue weighted by molar-refractivity contribution is 5.20. The predicted molar refractivity (Wildman–Crippen MR) is 82.3 cm³/mol. The first kappa shape index (κ1) is 15.5. The normalized spacial score (nSPS) is 12.6. The molecule has 0 aliphatic rings. The van der Waals surface area contributed by atoms with Gasteiger partial charge in [-0.1, -0.05) is 18.2 Å². The zero-order valence-electron chi connectivity index (χ0n) is 12.9. The van der Waals surface area contributed by atoms with E-state index in [1.54, 1.807) is 0 Å². The molecule has 0 amide bonds. The molecule has 0 radical (unpaired) electrons. The van der Waals surface area contributed by atoms with Crippen LogP contribution in [0.1, 0.15) is 11.4 Å². The molecule has 1 atom stereocenters. The molecule has 2 rings (SSSR count). The number of aliphatic hydroxyl groups excluding tert-OH is 1. The third-order valence-electron chi connectivity index (χ3n) is 3.03. The molecule has 2 aromatic rings. The van der Waals surface area contributed by atoms with E-state index in [0.717, 1.165) is 23.7 Å². The van der Waals surface area contributed by atoms with Gasteiger partial charge in [-0.15, -0.1) is 0 Å². The first-order valence-corrected chi connectivity index (χ1v) is 7.08. The summed E-state index contributed by atoms with van der Waals surface area (Å²) in [5, 5.41) is 14.6. The van der Waals surface area contributed by atoms with Crippen LogP contribution < -0.4 is 4.74 Å². The Morgan fingerprint density at radius 2 is 2.00 bits per heavy atom. The summed E-state index contributed by atoms with van der Waals surface area (Å²) in [7, 11) is 4.03. The van der Waals surface area contributed by atoms with Gasteiger partial charge in [0.15, 0.2) is 0 Å². The summed E-state index contributed by atoms with van der Waals surface area (Å²) >= 11 is 0. The lowest BCUT2D eigenvalue weighted by molar-refractivity contribution is 0.0879. The second-order valence-corrected chi connectivity index (χ2v) is 5.47. The lowest BCUT2D eigenvalue weighted by Gasteiger charge is -2.16. The van der Waals surface area contributed by atoms with Crippen molar-refractivity contribution in [3.63, 3.8) is 0 Å². The summed E-state index contributed by atoms with van der Waals surface area (Å²) in [5.41, 5.74) is 2.05. The zero-order valence-corrected chi connectivity index (χ0v) is 12.9. The Hall–Kier alpha value is -1.85. The molecule has 0 aliphatic carbocycles. The number of benzene rings is 1. The summed E-state index contributed by atoms with van der Waals surface area (Å²) in [6.45, 7) is 3.45. The van der Waals surface area contributed by atoms with Crippen molar-refractivity contribution in [2.45, 2.75) is 26.1 Å². The topological polar surface area (TPSA) is 50.5 Å². The molecule has 5 nitrogen and oxygen atoms in total. The van der Waals surface area contributed by atoms with Crippen LogP contribution in [0.5, 0.6) is 5.75 Å². The van der Waals surface area contributed by atoms with E-state index in [-0.39, 0.29) is 6.61 Å². The van der Waals surface area contributed by atoms with Crippen molar-refractivity contribution in [1.29, 1.82) is 0 Å². The summed E-state index contributed by atoms with van der Waals surface area (Å²) in [5.74, 6) is 0.765. The predicted octanol–water partition coefficient (Wildman–Crippen LogP) is 1.69. The summed E-state index contributed by atoms with van der Waals surface area (Å²) in [6.07, 6.45) is -0.592. The van der Waals surface area contributed by atoms with Gasteiger partial charge < -0.3 is 14.7 Å². The van der Waals surface area contributed by atoms with E-state index in [9.17, 15) is 5.11 Å². The van der Waals surface area contributed by atoms with Crippen LogP contribution in [-0.2, 0) is 13.1 Å². The van der Waals surface area contributed by atoms with E-state index in [4.69, 9.17) is 4.74 Å². The van der Waals surface area contributed by atoms with Crippen molar-refractivity contribution in [2.75, 3.05) is 20.7 Å². The van der Waals surface area contributed by atoms with Crippen LogP contribution in [-0.4, -0.2) is 46.6 Å². The number of hydrogen-bond donors (Lipinski definition) is 1. The number of rotatable bonds is 7. The molecule has 0 aliphatic heterocycles. The monoisotopic (exact) mass is 289 g/mol. The number of aliphatic hydroxyl groups is 1. The Morgan fingerprint density at radius 3 is 2.67 bits per heavy atom. The fourth-order valence-corrected chi connectivity index (χ4v) is 2.17. The van der Waals surface area contributed by atoms with Gasteiger partial charge in [-0.05, 0) is 39.2 Å². The molecule has 1 aromatic carbocycles. The number of hydrogen-bond acceptors (Lipinski definition) is 4. The Morgan fingerprint density at radius 1 is 1.29 bits per heavy atom. The largest absolute Gasteiger partial charge is 0.491 e. The third-order valence-corrected chi connectivity index (χ3v) is 3.03. The molecule has 1 unspecified atom stereocenters. The molecule has 0 saturated heterocycles. The maximum Gasteiger partial charge on any atom is 0.119 e. The van der Waals surface area contributed by atoms with Crippen molar-refractivity contribution in [1.82, 2.24) is 14.7 Å². The molecule has 1 N–H and O–H groups in total. The van der Waals surface area contributed by atoms with Gasteiger partial charge in [-0.3, -0.25) is 4.68 Å². The Labute approximate surface area is 125 Å². The van der Waals surface area contributed by atoms with Crippen LogP contribution in [0, 0.1) is 6.92 Å². The Balaban J connectivity index is 1.91. The van der Waals surface area contributed by atoms with Gasteiger partial charge in [-0.25, -0.2) is 0 Å². The fraction of sp³-hybridized carbons (Fsp3) is 0.438. The molecule has 114 valence electrons. The standard InChI is InChI=1S/C16H23N3O2/c1-13-9-14(10-18(2)3)19(17-13)11-15(20)12-21-16-7-5-4-6-8-16/h4-9,15,20H,10-12H2,1-3H3. The first-order chi connectivity index (χ1) is 10.0. The van der Waals surface area contributed by atoms with E-state index in [1.165, 1.54) is 0 Å². The Bertz CT molecular complexity index is 552. The van der Waals surface area contributed by atoms with Crippen LogP contribution in [0.4, 0.5) is 0 Å². The SMILES string of the molecule is Cc1cc(CN(C)C)n(CC(O)COc2ccccc2)n1. The van der Waals surface area contributed by atoms with E-state index in [0.29, 0.717) is 6.54 Å². The van der Waals surface area contributed by atoms with E-state index >= 15 is 0 Å². The minimum absolute atomic E-state index is 0.254. The second-order valence-electron chi connectivity index (χ2n) is 5.47. The molecule has 0 fully saturated rings. The van der Waals surface area contributed by atoms with Crippen molar-refractivity contribution in [3.8, 4) is 5.75 Å². The van der Waals surface area contributed by atoms with Crippen molar-refractivity contribution < 1.29 is 9.84 Å². The van der Waals surface area contributed by atoms with E-state index in [2.05, 4.69) is 10.00 Å². The van der Waals surface area contributed by atoms with Gasteiger partial charge in [0.05, 0.1) is 17.9 Å². The quantitative estimate of drug-likeness (QED) is 0.843. The van der Waals surface area contributed by atoms with Crippen molar-refractivity contribution in [2.24, 2.45) is 0 Å². The average Bonchev–Trinajstić information content (AvgIpc) is 2.76. The van der Waals surface area contributed by atoms with Gasteiger partial charge in [0, 0.05) is 6.54 Å². The maximum absolute atomic E-state index is 10.1. The number of nitrogens with zero attached hydrogens (tertiary/aromatic N) is 3. The van der Waals surface area contributed by atoms with Crippen molar-refractivity contribution in [3.05, 3.63) is 47.8 Å². The highest BCUT2D eigenvalue weighted by atomic mass is 16.5. The minimum Gasteiger partial charge on any atom is -0.491 e. The summed E-state index contributed by atoms with van der Waals surface area (Å²) in [4.78, 5) is 2.08. The molecular formula is C16H23N3O2. The number of aromatic nitrogens is 2. The van der Waals surface area contributed by atoms with Gasteiger partial charge in [0.1, 0.15) is 18.5 Å². The molecule has 21 heavy (non-hydrogen) atoms. The molecular weight excluding hydrogens is 266 g/mol. The summed E-state index contributed by atoms with van der Waals surface area (Å²) in [6, 6.07) is 11.6. The summed E-state index contributed by atoms with van der Waals surface area (Å²) < 4.78 is 7.42. The minimum atomic E-state index is -0.592. The first-order valence-electron chi connectivity index (χ1n) is 7.08. The van der Waals surface area contributed by atoms with Gasteiger partial charge in [0.2, 0.25) is 0 Å². The molecule has 1 aromatic heterocycles. The highest BCUT2D eigenvalue weighted by Crippen LogP contribution is 2.10. The maximum atomic E-state index is 10.1. The molecule has 5 heteroatoms. The smallest absolute Gasteiger partial charge is 0.119 e. The van der Waals surface area contributed by atoms with Crippen LogP contribution >= 0.6 is 0 Å². The van der Waals surface area contributed by atoms with Crippen LogP contribution in [0.25, 0.3) is 0 Å². The lowest BCUT2D eigenvalue weighted by atomic mass is 10.3. The highest BCUT2D eigenvalue weighted by Gasteiger charge is 2.12. The molecule has 0 spiro atoms. The second kappa shape index (κ2) is 7.24. The van der Waals surface area contributed by atoms with Gasteiger partial charge >= 0.3 is 0 Å². The fourth-order valence-electron chi connectivity index (χ4n) is 2.17.